The van der Waals surface area contributed by atoms with Gasteiger partial charge in [-0.25, -0.2) is 0 Å². The maximum Gasteiger partial charge on any atom is 0.150 e. The van der Waals surface area contributed by atoms with Crippen molar-refractivity contribution in [3.05, 3.63) is 82.8 Å². The van der Waals surface area contributed by atoms with E-state index in [1.807, 2.05) is 48.5 Å². The average Bonchev–Trinajstić information content (AvgIpc) is 2.55. The van der Waals surface area contributed by atoms with E-state index in [1.54, 1.807) is 0 Å². The zero-order valence-corrected chi connectivity index (χ0v) is 12.9. The minimum absolute atomic E-state index is 0.712. The van der Waals surface area contributed by atoms with Gasteiger partial charge in [-0.05, 0) is 40.5 Å². The van der Waals surface area contributed by atoms with E-state index >= 15 is 0 Å². The van der Waals surface area contributed by atoms with E-state index in [0.717, 1.165) is 33.0 Å². The average molecular weight is 337 g/mol. The van der Waals surface area contributed by atoms with E-state index < -0.39 is 0 Å². The van der Waals surface area contributed by atoms with Gasteiger partial charge in [0.15, 0.2) is 6.29 Å². The Bertz CT molecular complexity index is 793. The third kappa shape index (κ3) is 2.96. The quantitative estimate of drug-likeness (QED) is 0.569. The second-order valence-corrected chi connectivity index (χ2v) is 5.71. The van der Waals surface area contributed by atoms with Gasteiger partial charge >= 0.3 is 0 Å². The lowest BCUT2D eigenvalue weighted by molar-refractivity contribution is 0.112. The standard InChI is InChI=1S/C19H13BrO/c20-18-9-4-7-15(12-18)14-6-3-8-16(11-14)19-10-2-1-5-17(19)13-21/h1-13H. The molecule has 2 heteroatoms. The van der Waals surface area contributed by atoms with E-state index in [-0.39, 0.29) is 0 Å². The molecule has 0 spiro atoms. The van der Waals surface area contributed by atoms with Crippen LogP contribution in [0.1, 0.15) is 10.4 Å². The largest absolute Gasteiger partial charge is 0.298 e. The predicted molar refractivity (Wildman–Crippen MR) is 90.4 cm³/mol. The van der Waals surface area contributed by atoms with Crippen LogP contribution in [0.5, 0.6) is 0 Å². The highest BCUT2D eigenvalue weighted by Crippen LogP contribution is 2.29. The zero-order valence-electron chi connectivity index (χ0n) is 11.3. The molecule has 102 valence electrons. The molecule has 0 atom stereocenters. The van der Waals surface area contributed by atoms with Gasteiger partial charge in [0.05, 0.1) is 0 Å². The zero-order chi connectivity index (χ0) is 14.7. The van der Waals surface area contributed by atoms with Gasteiger partial charge in [0, 0.05) is 10.0 Å². The van der Waals surface area contributed by atoms with E-state index in [0.29, 0.717) is 5.56 Å². The number of rotatable bonds is 3. The summed E-state index contributed by atoms with van der Waals surface area (Å²) in [5.41, 5.74) is 5.01. The van der Waals surface area contributed by atoms with Gasteiger partial charge in [-0.2, -0.15) is 0 Å². The van der Waals surface area contributed by atoms with Gasteiger partial charge in [-0.3, -0.25) is 4.79 Å². The summed E-state index contributed by atoms with van der Waals surface area (Å²) in [5, 5.41) is 0. The fourth-order valence-electron chi connectivity index (χ4n) is 2.40. The van der Waals surface area contributed by atoms with E-state index in [2.05, 4.69) is 40.2 Å². The number of halogens is 1. The summed E-state index contributed by atoms with van der Waals surface area (Å²) >= 11 is 3.50. The lowest BCUT2D eigenvalue weighted by Crippen LogP contribution is -1.87. The molecule has 0 amide bonds. The van der Waals surface area contributed by atoms with Crippen LogP contribution in [-0.4, -0.2) is 6.29 Å². The van der Waals surface area contributed by atoms with Crippen molar-refractivity contribution in [2.24, 2.45) is 0 Å². The molecular weight excluding hydrogens is 324 g/mol. The molecule has 21 heavy (non-hydrogen) atoms. The minimum Gasteiger partial charge on any atom is -0.298 e. The maximum absolute atomic E-state index is 11.2. The molecular formula is C19H13BrO. The Morgan fingerprint density at radius 3 is 2.14 bits per heavy atom. The van der Waals surface area contributed by atoms with Gasteiger partial charge in [-0.15, -0.1) is 0 Å². The van der Waals surface area contributed by atoms with Gasteiger partial charge in [0.2, 0.25) is 0 Å². The summed E-state index contributed by atoms with van der Waals surface area (Å²) < 4.78 is 1.05. The van der Waals surface area contributed by atoms with Crippen LogP contribution in [0.25, 0.3) is 22.3 Å². The van der Waals surface area contributed by atoms with Crippen molar-refractivity contribution >= 4 is 22.2 Å². The molecule has 3 aromatic rings. The fourth-order valence-corrected chi connectivity index (χ4v) is 2.80. The van der Waals surface area contributed by atoms with E-state index in [4.69, 9.17) is 0 Å². The molecule has 3 aromatic carbocycles. The Kier molecular flexibility index (Phi) is 3.98. The van der Waals surface area contributed by atoms with E-state index in [9.17, 15) is 4.79 Å². The minimum atomic E-state index is 0.712. The third-order valence-corrected chi connectivity index (χ3v) is 3.91. The van der Waals surface area contributed by atoms with Crippen molar-refractivity contribution in [3.8, 4) is 22.3 Å². The molecule has 0 bridgehead atoms. The Labute approximate surface area is 132 Å². The summed E-state index contributed by atoms with van der Waals surface area (Å²) in [4.78, 5) is 11.2. The summed E-state index contributed by atoms with van der Waals surface area (Å²) in [5.74, 6) is 0. The molecule has 0 saturated carbocycles. The highest BCUT2D eigenvalue weighted by Gasteiger charge is 2.05. The van der Waals surface area contributed by atoms with Crippen molar-refractivity contribution in [2.45, 2.75) is 0 Å². The van der Waals surface area contributed by atoms with Crippen molar-refractivity contribution in [2.75, 3.05) is 0 Å². The second kappa shape index (κ2) is 6.06. The monoisotopic (exact) mass is 336 g/mol. The predicted octanol–water partition coefficient (Wildman–Crippen LogP) is 5.60. The summed E-state index contributed by atoms with van der Waals surface area (Å²) in [7, 11) is 0. The van der Waals surface area contributed by atoms with Crippen LogP contribution in [0.15, 0.2) is 77.3 Å². The summed E-state index contributed by atoms with van der Waals surface area (Å²) in [6, 6.07) is 24.1. The molecule has 0 saturated heterocycles. The van der Waals surface area contributed by atoms with Crippen LogP contribution in [0.2, 0.25) is 0 Å². The Morgan fingerprint density at radius 1 is 0.714 bits per heavy atom. The van der Waals surface area contributed by atoms with Crippen molar-refractivity contribution < 1.29 is 4.79 Å². The number of hydrogen-bond acceptors (Lipinski definition) is 1. The highest BCUT2D eigenvalue weighted by molar-refractivity contribution is 9.10. The van der Waals surface area contributed by atoms with Crippen LogP contribution in [-0.2, 0) is 0 Å². The smallest absolute Gasteiger partial charge is 0.150 e. The first kappa shape index (κ1) is 13.8. The molecule has 0 unspecified atom stereocenters. The topological polar surface area (TPSA) is 17.1 Å². The Morgan fingerprint density at radius 2 is 1.38 bits per heavy atom. The SMILES string of the molecule is O=Cc1ccccc1-c1cccc(-c2cccc(Br)c2)c1. The number of carbonyl (C=O) groups is 1. The Hall–Kier alpha value is -2.19. The van der Waals surface area contributed by atoms with Crippen LogP contribution in [0, 0.1) is 0 Å². The number of aldehydes is 1. The summed E-state index contributed by atoms with van der Waals surface area (Å²) in [6.45, 7) is 0. The Balaban J connectivity index is 2.10. The molecule has 0 heterocycles. The second-order valence-electron chi connectivity index (χ2n) is 4.80. The highest BCUT2D eigenvalue weighted by atomic mass is 79.9. The fraction of sp³-hybridized carbons (Fsp3) is 0. The number of hydrogen-bond donors (Lipinski definition) is 0. The lowest BCUT2D eigenvalue weighted by Gasteiger charge is -2.08. The van der Waals surface area contributed by atoms with Crippen molar-refractivity contribution in [1.82, 2.24) is 0 Å². The molecule has 0 N–H and O–H groups in total. The van der Waals surface area contributed by atoms with Crippen LogP contribution < -0.4 is 0 Å². The lowest BCUT2D eigenvalue weighted by atomic mass is 9.96. The first-order chi connectivity index (χ1) is 10.3. The van der Waals surface area contributed by atoms with Gasteiger partial charge in [0.1, 0.15) is 0 Å². The molecule has 3 rings (SSSR count). The van der Waals surface area contributed by atoms with Gasteiger partial charge in [-0.1, -0.05) is 70.5 Å². The van der Waals surface area contributed by atoms with Crippen LogP contribution in [0.3, 0.4) is 0 Å². The molecule has 0 fully saturated rings. The molecule has 0 radical (unpaired) electrons. The number of carbonyl (C=O) groups excluding carboxylic acids is 1. The first-order valence-corrected chi connectivity index (χ1v) is 7.48. The molecule has 0 aliphatic carbocycles. The van der Waals surface area contributed by atoms with Gasteiger partial charge in [0.25, 0.3) is 0 Å². The summed E-state index contributed by atoms with van der Waals surface area (Å²) in [6.07, 6.45) is 0.904. The maximum atomic E-state index is 11.2. The molecule has 1 nitrogen and oxygen atoms in total. The third-order valence-electron chi connectivity index (χ3n) is 3.42. The van der Waals surface area contributed by atoms with Gasteiger partial charge < -0.3 is 0 Å². The molecule has 0 aliphatic heterocycles. The van der Waals surface area contributed by atoms with Crippen molar-refractivity contribution in [1.29, 1.82) is 0 Å². The normalized spacial score (nSPS) is 10.3. The first-order valence-electron chi connectivity index (χ1n) is 6.68. The van der Waals surface area contributed by atoms with Crippen LogP contribution >= 0.6 is 15.9 Å². The molecule has 0 aromatic heterocycles. The van der Waals surface area contributed by atoms with Crippen LogP contribution in [0.4, 0.5) is 0 Å². The van der Waals surface area contributed by atoms with Crippen molar-refractivity contribution in [3.63, 3.8) is 0 Å². The number of benzene rings is 3. The molecule has 0 aliphatic rings. The van der Waals surface area contributed by atoms with E-state index in [1.165, 1.54) is 0 Å².